The maximum Gasteiger partial charge on any atom is 0.263 e. The average Bonchev–Trinajstić information content (AvgIpc) is 2.72. The Bertz CT molecular complexity index is 854. The lowest BCUT2D eigenvalue weighted by Gasteiger charge is -2.12. The molecular formula is C17H21N3O2S2. The van der Waals surface area contributed by atoms with Gasteiger partial charge in [0.05, 0.1) is 10.6 Å². The molecule has 0 saturated carbocycles. The normalized spacial score (nSPS) is 15.7. The van der Waals surface area contributed by atoms with Crippen molar-refractivity contribution in [3.05, 3.63) is 33.4 Å². The van der Waals surface area contributed by atoms with Crippen molar-refractivity contribution in [3.63, 3.8) is 0 Å². The van der Waals surface area contributed by atoms with E-state index in [1.165, 1.54) is 35.0 Å². The number of thiophene rings is 1. The quantitative estimate of drug-likeness (QED) is 0.383. The van der Waals surface area contributed by atoms with Crippen molar-refractivity contribution in [1.82, 2.24) is 9.55 Å². The second-order valence-corrected chi connectivity index (χ2v) is 8.40. The molecule has 2 heterocycles. The molecule has 2 aromatic heterocycles. The molecule has 1 aliphatic carbocycles. The van der Waals surface area contributed by atoms with E-state index in [0.717, 1.165) is 29.5 Å². The Morgan fingerprint density at radius 3 is 2.92 bits per heavy atom. The first-order valence-corrected chi connectivity index (χ1v) is 9.84. The molecular weight excluding hydrogens is 342 g/mol. The fourth-order valence-electron chi connectivity index (χ4n) is 2.99. The molecule has 0 saturated heterocycles. The van der Waals surface area contributed by atoms with E-state index in [4.69, 9.17) is 10.7 Å². The molecule has 2 aromatic rings. The Balaban J connectivity index is 2.19. The van der Waals surface area contributed by atoms with Crippen LogP contribution < -0.4 is 11.3 Å². The number of primary amides is 1. The first kappa shape index (κ1) is 17.2. The Morgan fingerprint density at radius 2 is 2.21 bits per heavy atom. The third-order valence-electron chi connectivity index (χ3n) is 4.28. The van der Waals surface area contributed by atoms with E-state index < -0.39 is 11.2 Å². The zero-order chi connectivity index (χ0) is 17.3. The van der Waals surface area contributed by atoms with Gasteiger partial charge in [0.1, 0.15) is 4.83 Å². The summed E-state index contributed by atoms with van der Waals surface area (Å²) in [6, 6.07) is 0. The highest BCUT2D eigenvalue weighted by atomic mass is 32.2. The van der Waals surface area contributed by atoms with Crippen LogP contribution in [0.4, 0.5) is 0 Å². The Hall–Kier alpha value is -1.60. The molecule has 24 heavy (non-hydrogen) atoms. The summed E-state index contributed by atoms with van der Waals surface area (Å²) in [4.78, 5) is 31.3. The molecule has 0 bridgehead atoms. The third kappa shape index (κ3) is 3.15. The molecule has 0 fully saturated rings. The van der Waals surface area contributed by atoms with Crippen LogP contribution in [0, 0.1) is 0 Å². The number of carbonyl (C=O) groups is 1. The predicted octanol–water partition coefficient (Wildman–Crippen LogP) is 2.88. The van der Waals surface area contributed by atoms with Gasteiger partial charge < -0.3 is 5.73 Å². The van der Waals surface area contributed by atoms with Gasteiger partial charge in [-0.05, 0) is 38.2 Å². The highest BCUT2D eigenvalue weighted by Crippen LogP contribution is 2.34. The number of aromatic nitrogens is 2. The van der Waals surface area contributed by atoms with Gasteiger partial charge in [0.15, 0.2) is 5.16 Å². The first-order valence-electron chi connectivity index (χ1n) is 8.15. The van der Waals surface area contributed by atoms with E-state index in [9.17, 15) is 9.59 Å². The molecule has 0 aromatic carbocycles. The molecule has 0 radical (unpaired) electrons. The van der Waals surface area contributed by atoms with Crippen LogP contribution in [-0.4, -0.2) is 20.7 Å². The number of hydrogen-bond acceptors (Lipinski definition) is 5. The number of rotatable bonds is 5. The van der Waals surface area contributed by atoms with E-state index >= 15 is 0 Å². The van der Waals surface area contributed by atoms with Gasteiger partial charge in [0, 0.05) is 11.4 Å². The number of carbonyl (C=O) groups excluding carboxylic acids is 1. The summed E-state index contributed by atoms with van der Waals surface area (Å²) < 4.78 is 1.61. The summed E-state index contributed by atoms with van der Waals surface area (Å²) in [7, 11) is 0. The lowest BCUT2D eigenvalue weighted by molar-refractivity contribution is -0.117. The largest absolute Gasteiger partial charge is 0.369 e. The third-order valence-corrected chi connectivity index (χ3v) is 6.58. The zero-order valence-corrected chi connectivity index (χ0v) is 15.3. The van der Waals surface area contributed by atoms with Crippen molar-refractivity contribution in [1.29, 1.82) is 0 Å². The number of thioether (sulfide) groups is 1. The number of fused-ring (bicyclic) bond motifs is 3. The molecule has 3 rings (SSSR count). The summed E-state index contributed by atoms with van der Waals surface area (Å²) >= 11 is 2.86. The van der Waals surface area contributed by atoms with Gasteiger partial charge in [-0.2, -0.15) is 0 Å². The second-order valence-electron chi connectivity index (χ2n) is 6.01. The van der Waals surface area contributed by atoms with Crippen molar-refractivity contribution >= 4 is 39.2 Å². The van der Waals surface area contributed by atoms with E-state index in [1.54, 1.807) is 28.9 Å². The van der Waals surface area contributed by atoms with Gasteiger partial charge in [-0.3, -0.25) is 14.2 Å². The summed E-state index contributed by atoms with van der Waals surface area (Å²) in [5, 5.41) is 0.855. The van der Waals surface area contributed by atoms with Crippen molar-refractivity contribution < 1.29 is 4.79 Å². The van der Waals surface area contributed by atoms with Gasteiger partial charge in [-0.1, -0.05) is 24.3 Å². The molecule has 128 valence electrons. The number of nitrogens with two attached hydrogens (primary N) is 1. The SMILES string of the molecule is C=CCn1c(S[C@H](C)C(N)=O)nc2sc3c(c2c1=O)CCCCC3. The van der Waals surface area contributed by atoms with Gasteiger partial charge >= 0.3 is 0 Å². The minimum Gasteiger partial charge on any atom is -0.369 e. The molecule has 1 aliphatic rings. The maximum absolute atomic E-state index is 13.1. The standard InChI is InChI=1S/C17H21N3O2S2/c1-3-9-20-16(22)13-11-7-5-4-6-8-12(11)24-15(13)19-17(20)23-10(2)14(18)21/h3,10H,1,4-9H2,2H3,(H2,18,21)/t10-/m1/s1. The minimum atomic E-state index is -0.441. The van der Waals surface area contributed by atoms with Crippen LogP contribution in [0.3, 0.4) is 0 Å². The molecule has 2 N–H and O–H groups in total. The second kappa shape index (κ2) is 7.11. The Kier molecular flexibility index (Phi) is 5.10. The smallest absolute Gasteiger partial charge is 0.263 e. The van der Waals surface area contributed by atoms with Gasteiger partial charge in [-0.25, -0.2) is 4.98 Å². The van der Waals surface area contributed by atoms with Crippen LogP contribution in [0.1, 0.15) is 36.6 Å². The van der Waals surface area contributed by atoms with E-state index in [0.29, 0.717) is 11.7 Å². The molecule has 0 spiro atoms. The van der Waals surface area contributed by atoms with Crippen LogP contribution in [-0.2, 0) is 24.2 Å². The van der Waals surface area contributed by atoms with Crippen molar-refractivity contribution in [3.8, 4) is 0 Å². The van der Waals surface area contributed by atoms with Gasteiger partial charge in [0.2, 0.25) is 5.91 Å². The topological polar surface area (TPSA) is 78.0 Å². The van der Waals surface area contributed by atoms with Gasteiger partial charge in [-0.15, -0.1) is 17.9 Å². The molecule has 1 atom stereocenters. The summed E-state index contributed by atoms with van der Waals surface area (Å²) in [6.45, 7) is 5.84. The fraction of sp³-hybridized carbons (Fsp3) is 0.471. The highest BCUT2D eigenvalue weighted by Gasteiger charge is 2.22. The van der Waals surface area contributed by atoms with Crippen molar-refractivity contribution in [2.24, 2.45) is 5.73 Å². The van der Waals surface area contributed by atoms with E-state index in [2.05, 4.69) is 6.58 Å². The monoisotopic (exact) mass is 363 g/mol. The van der Waals surface area contributed by atoms with Crippen LogP contribution in [0.5, 0.6) is 0 Å². The van der Waals surface area contributed by atoms with Crippen LogP contribution in [0.15, 0.2) is 22.6 Å². The van der Waals surface area contributed by atoms with Crippen molar-refractivity contribution in [2.45, 2.75) is 56.0 Å². The first-order chi connectivity index (χ1) is 11.5. The number of allylic oxidation sites excluding steroid dienone is 1. The number of nitrogens with zero attached hydrogens (tertiary/aromatic N) is 2. The Labute approximate surface area is 149 Å². The molecule has 1 amide bonds. The molecule has 7 heteroatoms. The van der Waals surface area contributed by atoms with E-state index in [1.807, 2.05) is 0 Å². The molecule has 0 unspecified atom stereocenters. The number of amides is 1. The van der Waals surface area contributed by atoms with Crippen LogP contribution >= 0.6 is 23.1 Å². The van der Waals surface area contributed by atoms with Gasteiger partial charge in [0.25, 0.3) is 5.56 Å². The maximum atomic E-state index is 13.1. The summed E-state index contributed by atoms with van der Waals surface area (Å²) in [5.74, 6) is -0.415. The summed E-state index contributed by atoms with van der Waals surface area (Å²) in [6.07, 6.45) is 7.15. The van der Waals surface area contributed by atoms with Crippen LogP contribution in [0.25, 0.3) is 10.2 Å². The zero-order valence-electron chi connectivity index (χ0n) is 13.7. The van der Waals surface area contributed by atoms with E-state index in [-0.39, 0.29) is 5.56 Å². The molecule has 0 aliphatic heterocycles. The summed E-state index contributed by atoms with van der Waals surface area (Å²) in [5.41, 5.74) is 6.52. The van der Waals surface area contributed by atoms with Crippen LogP contribution in [0.2, 0.25) is 0 Å². The molecule has 5 nitrogen and oxygen atoms in total. The number of aryl methyl sites for hydroxylation is 2. The predicted molar refractivity (Wildman–Crippen MR) is 99.8 cm³/mol. The average molecular weight is 364 g/mol. The Morgan fingerprint density at radius 1 is 1.46 bits per heavy atom. The minimum absolute atomic E-state index is 0.0292. The lowest BCUT2D eigenvalue weighted by atomic mass is 10.1. The highest BCUT2D eigenvalue weighted by molar-refractivity contribution is 8.00. The fourth-order valence-corrected chi connectivity index (χ4v) is 5.16. The number of hydrogen-bond donors (Lipinski definition) is 1. The van der Waals surface area contributed by atoms with Crippen molar-refractivity contribution in [2.75, 3.05) is 0 Å². The lowest BCUT2D eigenvalue weighted by Crippen LogP contribution is -2.27.